The van der Waals surface area contributed by atoms with Crippen molar-refractivity contribution in [1.82, 2.24) is 9.78 Å². The van der Waals surface area contributed by atoms with Crippen LogP contribution in [0.15, 0.2) is 30.6 Å². The molecule has 1 aromatic carbocycles. The Morgan fingerprint density at radius 3 is 2.95 bits per heavy atom. The molecule has 2 rings (SSSR count). The zero-order valence-corrected chi connectivity index (χ0v) is 11.3. The first kappa shape index (κ1) is 13.4. The Kier molecular flexibility index (Phi) is 4.06. The van der Waals surface area contributed by atoms with Crippen LogP contribution in [0.3, 0.4) is 0 Å². The average molecular weight is 279 g/mol. The number of hydrogen-bond donors (Lipinski definition) is 2. The largest absolute Gasteiger partial charge is 0.397 e. The van der Waals surface area contributed by atoms with Gasteiger partial charge < -0.3 is 11.1 Å². The van der Waals surface area contributed by atoms with Crippen LogP contribution in [0.2, 0.25) is 5.02 Å². The van der Waals surface area contributed by atoms with Crippen LogP contribution in [0.5, 0.6) is 0 Å². The van der Waals surface area contributed by atoms with E-state index in [1.54, 1.807) is 29.1 Å². The fourth-order valence-corrected chi connectivity index (χ4v) is 1.77. The van der Waals surface area contributed by atoms with Crippen molar-refractivity contribution in [1.29, 1.82) is 0 Å². The van der Waals surface area contributed by atoms with Gasteiger partial charge in [-0.2, -0.15) is 5.10 Å². The molecule has 0 saturated heterocycles. The minimum atomic E-state index is -0.0881. The third-order valence-corrected chi connectivity index (χ3v) is 2.95. The molecule has 100 valence electrons. The van der Waals surface area contributed by atoms with Crippen LogP contribution in [0.4, 0.5) is 11.4 Å². The lowest BCUT2D eigenvalue weighted by molar-refractivity contribution is -0.116. The maximum Gasteiger partial charge on any atom is 0.226 e. The Labute approximate surface area is 116 Å². The van der Waals surface area contributed by atoms with Gasteiger partial charge in [-0.25, -0.2) is 0 Å². The molecule has 5 nitrogen and oxygen atoms in total. The van der Waals surface area contributed by atoms with Crippen molar-refractivity contribution in [2.75, 3.05) is 11.1 Å². The average Bonchev–Trinajstić information content (AvgIpc) is 2.77. The fourth-order valence-electron chi connectivity index (χ4n) is 1.65. The molecule has 19 heavy (non-hydrogen) atoms. The molecular weight excluding hydrogens is 264 g/mol. The summed E-state index contributed by atoms with van der Waals surface area (Å²) in [5, 5.41) is 7.36. The minimum Gasteiger partial charge on any atom is -0.397 e. The lowest BCUT2D eigenvalue weighted by atomic mass is 10.2. The molecule has 0 fully saturated rings. The Balaban J connectivity index is 1.88. The first-order chi connectivity index (χ1) is 9.04. The predicted octanol–water partition coefficient (Wildman–Crippen LogP) is 2.46. The number of rotatable bonds is 4. The number of carbonyl (C=O) groups excluding carboxylic acids is 1. The number of nitrogens with two attached hydrogens (primary N) is 1. The van der Waals surface area contributed by atoms with Crippen molar-refractivity contribution in [3.8, 4) is 0 Å². The smallest absolute Gasteiger partial charge is 0.226 e. The Bertz CT molecular complexity index is 594. The van der Waals surface area contributed by atoms with Crippen molar-refractivity contribution in [2.45, 2.75) is 19.9 Å². The molecule has 0 aliphatic carbocycles. The van der Waals surface area contributed by atoms with Crippen LogP contribution in [-0.4, -0.2) is 15.7 Å². The lowest BCUT2D eigenvalue weighted by Crippen LogP contribution is -2.14. The molecule has 0 radical (unpaired) electrons. The van der Waals surface area contributed by atoms with Crippen LogP contribution in [0, 0.1) is 6.92 Å². The highest BCUT2D eigenvalue weighted by atomic mass is 35.5. The van der Waals surface area contributed by atoms with Crippen LogP contribution in [0.1, 0.15) is 12.0 Å². The monoisotopic (exact) mass is 278 g/mol. The highest BCUT2D eigenvalue weighted by molar-refractivity contribution is 6.33. The van der Waals surface area contributed by atoms with Crippen LogP contribution < -0.4 is 11.1 Å². The lowest BCUT2D eigenvalue weighted by Gasteiger charge is -2.07. The second kappa shape index (κ2) is 5.75. The highest BCUT2D eigenvalue weighted by Crippen LogP contribution is 2.22. The molecular formula is C13H15ClN4O. The summed E-state index contributed by atoms with van der Waals surface area (Å²) in [6.07, 6.45) is 4.01. The SMILES string of the molecule is Cc1cnn(CCC(=O)Nc2ccc(Cl)c(N)c2)c1. The number of hydrogen-bond acceptors (Lipinski definition) is 3. The molecule has 0 spiro atoms. The van der Waals surface area contributed by atoms with E-state index in [0.29, 0.717) is 29.4 Å². The second-order valence-corrected chi connectivity index (χ2v) is 4.72. The van der Waals surface area contributed by atoms with Crippen molar-refractivity contribution in [3.63, 3.8) is 0 Å². The number of nitrogens with zero attached hydrogens (tertiary/aromatic N) is 2. The fraction of sp³-hybridized carbons (Fsp3) is 0.231. The molecule has 3 N–H and O–H groups in total. The number of aryl methyl sites for hydroxylation is 2. The summed E-state index contributed by atoms with van der Waals surface area (Å²) in [6, 6.07) is 5.01. The summed E-state index contributed by atoms with van der Waals surface area (Å²) >= 11 is 5.81. The van der Waals surface area contributed by atoms with Gasteiger partial charge in [0.05, 0.1) is 16.9 Å². The summed E-state index contributed by atoms with van der Waals surface area (Å²) in [4.78, 5) is 11.8. The topological polar surface area (TPSA) is 72.9 Å². The van der Waals surface area contributed by atoms with Crippen LogP contribution >= 0.6 is 11.6 Å². The number of halogens is 1. The van der Waals surface area contributed by atoms with E-state index in [2.05, 4.69) is 10.4 Å². The third-order valence-electron chi connectivity index (χ3n) is 2.61. The van der Waals surface area contributed by atoms with Gasteiger partial charge in [0.2, 0.25) is 5.91 Å². The van der Waals surface area contributed by atoms with Gasteiger partial charge in [0.1, 0.15) is 0 Å². The van der Waals surface area contributed by atoms with Gasteiger partial charge in [-0.05, 0) is 30.7 Å². The zero-order chi connectivity index (χ0) is 13.8. The van der Waals surface area contributed by atoms with E-state index >= 15 is 0 Å². The number of amides is 1. The normalized spacial score (nSPS) is 10.4. The van der Waals surface area contributed by atoms with Crippen molar-refractivity contribution < 1.29 is 4.79 Å². The van der Waals surface area contributed by atoms with Gasteiger partial charge in [-0.1, -0.05) is 11.6 Å². The van der Waals surface area contributed by atoms with Gasteiger partial charge in [0.25, 0.3) is 0 Å². The molecule has 1 amide bonds. The van der Waals surface area contributed by atoms with Gasteiger partial charge >= 0.3 is 0 Å². The number of benzene rings is 1. The first-order valence-corrected chi connectivity index (χ1v) is 6.26. The van der Waals surface area contributed by atoms with Crippen molar-refractivity contribution in [2.24, 2.45) is 0 Å². The summed E-state index contributed by atoms with van der Waals surface area (Å²) in [7, 11) is 0. The number of nitrogens with one attached hydrogen (secondary N) is 1. The predicted molar refractivity (Wildman–Crippen MR) is 76.1 cm³/mol. The molecule has 0 saturated carbocycles. The summed E-state index contributed by atoms with van der Waals surface area (Å²) < 4.78 is 1.74. The third kappa shape index (κ3) is 3.72. The number of carbonyl (C=O) groups is 1. The molecule has 0 bridgehead atoms. The van der Waals surface area contributed by atoms with Gasteiger partial charge in [-0.15, -0.1) is 0 Å². The summed E-state index contributed by atoms with van der Waals surface area (Å²) in [6.45, 7) is 2.50. The first-order valence-electron chi connectivity index (χ1n) is 5.88. The van der Waals surface area contributed by atoms with E-state index in [0.717, 1.165) is 5.56 Å². The molecule has 0 atom stereocenters. The Morgan fingerprint density at radius 2 is 2.32 bits per heavy atom. The van der Waals surface area contributed by atoms with Gasteiger partial charge in [0, 0.05) is 24.8 Å². The van der Waals surface area contributed by atoms with Crippen molar-refractivity contribution >= 4 is 28.9 Å². The Morgan fingerprint density at radius 1 is 1.53 bits per heavy atom. The summed E-state index contributed by atoms with van der Waals surface area (Å²) in [5.41, 5.74) is 7.83. The summed E-state index contributed by atoms with van der Waals surface area (Å²) in [5.74, 6) is -0.0881. The molecule has 0 unspecified atom stereocenters. The minimum absolute atomic E-state index is 0.0881. The van der Waals surface area contributed by atoms with Crippen molar-refractivity contribution in [3.05, 3.63) is 41.2 Å². The van der Waals surface area contributed by atoms with E-state index in [1.165, 1.54) is 0 Å². The number of anilines is 2. The zero-order valence-electron chi connectivity index (χ0n) is 10.6. The van der Waals surface area contributed by atoms with E-state index in [-0.39, 0.29) is 5.91 Å². The molecule has 0 aliphatic rings. The Hall–Kier alpha value is -2.01. The van der Waals surface area contributed by atoms with E-state index in [9.17, 15) is 4.79 Å². The highest BCUT2D eigenvalue weighted by Gasteiger charge is 2.05. The second-order valence-electron chi connectivity index (χ2n) is 4.32. The van der Waals surface area contributed by atoms with Gasteiger partial charge in [-0.3, -0.25) is 9.48 Å². The quantitative estimate of drug-likeness (QED) is 0.844. The van der Waals surface area contributed by atoms with E-state index < -0.39 is 0 Å². The maximum absolute atomic E-state index is 11.8. The van der Waals surface area contributed by atoms with Crippen LogP contribution in [0.25, 0.3) is 0 Å². The van der Waals surface area contributed by atoms with Gasteiger partial charge in [0.15, 0.2) is 0 Å². The molecule has 1 heterocycles. The van der Waals surface area contributed by atoms with E-state index in [4.69, 9.17) is 17.3 Å². The number of nitrogen functional groups attached to an aromatic ring is 1. The van der Waals surface area contributed by atoms with Crippen LogP contribution in [-0.2, 0) is 11.3 Å². The number of aromatic nitrogens is 2. The van der Waals surface area contributed by atoms with E-state index in [1.807, 2.05) is 13.1 Å². The molecule has 2 aromatic rings. The molecule has 0 aliphatic heterocycles. The molecule has 6 heteroatoms. The molecule has 1 aromatic heterocycles. The maximum atomic E-state index is 11.8. The standard InChI is InChI=1S/C13H15ClN4O/c1-9-7-16-18(8-9)5-4-13(19)17-10-2-3-11(14)12(15)6-10/h2-3,6-8H,4-5,15H2,1H3,(H,17,19).